The molecule has 0 unspecified atom stereocenters. The van der Waals surface area contributed by atoms with E-state index in [4.69, 9.17) is 4.74 Å². The van der Waals surface area contributed by atoms with Crippen molar-refractivity contribution >= 4 is 38.0 Å². The second-order valence-electron chi connectivity index (χ2n) is 7.31. The summed E-state index contributed by atoms with van der Waals surface area (Å²) >= 11 is 4.50. The van der Waals surface area contributed by atoms with Crippen molar-refractivity contribution in [3.05, 3.63) is 95.7 Å². The Morgan fingerprint density at radius 2 is 1.94 bits per heavy atom. The van der Waals surface area contributed by atoms with Gasteiger partial charge in [-0.15, -0.1) is 11.3 Å². The van der Waals surface area contributed by atoms with Crippen molar-refractivity contribution in [2.75, 3.05) is 6.61 Å². The summed E-state index contributed by atoms with van der Waals surface area (Å²) in [5.41, 5.74) is 1.25. The summed E-state index contributed by atoms with van der Waals surface area (Å²) < 4.78 is 8.85. The van der Waals surface area contributed by atoms with Crippen LogP contribution in [0.15, 0.2) is 62.9 Å². The molecule has 1 aromatic carbocycles. The lowest BCUT2D eigenvalue weighted by atomic mass is 10.2. The van der Waals surface area contributed by atoms with Crippen molar-refractivity contribution < 1.29 is 9.53 Å². The number of benzene rings is 1. The lowest BCUT2D eigenvalue weighted by molar-refractivity contribution is 0.0954. The number of carbonyl (C=O) groups excluding carboxylic acids is 1. The molecule has 0 aliphatic heterocycles. The molecule has 0 saturated heterocycles. The zero-order valence-corrected chi connectivity index (χ0v) is 20.4. The summed E-state index contributed by atoms with van der Waals surface area (Å²) in [6.45, 7) is 4.47. The van der Waals surface area contributed by atoms with Gasteiger partial charge in [0.05, 0.1) is 13.2 Å². The Labute approximate surface area is 201 Å². The van der Waals surface area contributed by atoms with E-state index in [-0.39, 0.29) is 24.6 Å². The van der Waals surface area contributed by atoms with Gasteiger partial charge in [0.2, 0.25) is 5.88 Å². The Bertz CT molecular complexity index is 1440. The van der Waals surface area contributed by atoms with Crippen molar-refractivity contribution in [3.63, 3.8) is 0 Å². The van der Waals surface area contributed by atoms with Crippen LogP contribution in [0.5, 0.6) is 5.88 Å². The van der Waals surface area contributed by atoms with Crippen LogP contribution in [0.1, 0.15) is 33.3 Å². The largest absolute Gasteiger partial charge is 0.478 e. The van der Waals surface area contributed by atoms with E-state index in [9.17, 15) is 14.4 Å². The number of hydrogen-bond donors (Lipinski definition) is 1. The van der Waals surface area contributed by atoms with Crippen LogP contribution in [0.3, 0.4) is 0 Å². The summed E-state index contributed by atoms with van der Waals surface area (Å²) in [6, 6.07) is 11.0. The third-order valence-electron chi connectivity index (χ3n) is 5.02. The minimum Gasteiger partial charge on any atom is -0.478 e. The number of amides is 1. The number of aryl methyl sites for hydroxylation is 1. The van der Waals surface area contributed by atoms with Crippen molar-refractivity contribution in [3.8, 4) is 5.88 Å². The standard InChI is InChI=1S/C23H21BrN4O4S/c1-3-32-19-10-16(8-9-25-19)11-26-20(29)18-13-28-22(33-18)14(2)21(30)27(23(28)31)12-15-4-6-17(24)7-5-15/h4-10,13H,3,11-12H2,1-2H3,(H,26,29). The molecule has 1 amide bonds. The number of thiazole rings is 1. The van der Waals surface area contributed by atoms with Crippen LogP contribution in [0, 0.1) is 6.92 Å². The zero-order chi connectivity index (χ0) is 23.5. The number of hydrogen-bond acceptors (Lipinski definition) is 6. The van der Waals surface area contributed by atoms with E-state index in [1.807, 2.05) is 31.2 Å². The van der Waals surface area contributed by atoms with Gasteiger partial charge < -0.3 is 10.1 Å². The summed E-state index contributed by atoms with van der Waals surface area (Å²) in [4.78, 5) is 43.6. The van der Waals surface area contributed by atoms with E-state index >= 15 is 0 Å². The maximum atomic E-state index is 13.1. The molecule has 0 bridgehead atoms. The number of nitrogens with zero attached hydrogens (tertiary/aromatic N) is 3. The number of halogens is 1. The van der Waals surface area contributed by atoms with Crippen molar-refractivity contribution in [1.29, 1.82) is 0 Å². The first kappa shape index (κ1) is 22.9. The third kappa shape index (κ3) is 4.91. The van der Waals surface area contributed by atoms with Crippen molar-refractivity contribution in [1.82, 2.24) is 19.3 Å². The minimum absolute atomic E-state index is 0.149. The van der Waals surface area contributed by atoms with Crippen LogP contribution in [0.25, 0.3) is 4.83 Å². The highest BCUT2D eigenvalue weighted by Gasteiger charge is 2.17. The lowest BCUT2D eigenvalue weighted by Gasteiger charge is -2.07. The van der Waals surface area contributed by atoms with E-state index < -0.39 is 5.69 Å². The number of carbonyl (C=O) groups is 1. The van der Waals surface area contributed by atoms with Gasteiger partial charge in [-0.25, -0.2) is 9.78 Å². The smallest absolute Gasteiger partial charge is 0.336 e. The molecule has 33 heavy (non-hydrogen) atoms. The molecule has 0 aliphatic carbocycles. The average Bonchev–Trinajstić information content (AvgIpc) is 3.27. The van der Waals surface area contributed by atoms with Gasteiger partial charge in [0.15, 0.2) is 0 Å². The van der Waals surface area contributed by atoms with Gasteiger partial charge in [0.25, 0.3) is 11.5 Å². The highest BCUT2D eigenvalue weighted by molar-refractivity contribution is 9.10. The fourth-order valence-electron chi connectivity index (χ4n) is 3.34. The van der Waals surface area contributed by atoms with Crippen LogP contribution < -0.4 is 21.3 Å². The van der Waals surface area contributed by atoms with Crippen LogP contribution in [0.2, 0.25) is 0 Å². The number of nitrogens with one attached hydrogen (secondary N) is 1. The second-order valence-corrected chi connectivity index (χ2v) is 9.26. The molecule has 10 heteroatoms. The van der Waals surface area contributed by atoms with Crippen LogP contribution in [-0.4, -0.2) is 26.5 Å². The quantitative estimate of drug-likeness (QED) is 0.396. The molecular formula is C23H21BrN4O4S. The Morgan fingerprint density at radius 3 is 2.67 bits per heavy atom. The molecule has 0 aliphatic rings. The molecule has 0 radical (unpaired) electrons. The molecule has 170 valence electrons. The van der Waals surface area contributed by atoms with Gasteiger partial charge in [-0.3, -0.25) is 18.6 Å². The van der Waals surface area contributed by atoms with E-state index in [1.54, 1.807) is 25.3 Å². The fraction of sp³-hybridized carbons (Fsp3) is 0.217. The number of aromatic nitrogens is 3. The Morgan fingerprint density at radius 1 is 1.18 bits per heavy atom. The maximum absolute atomic E-state index is 13.1. The zero-order valence-electron chi connectivity index (χ0n) is 18.0. The van der Waals surface area contributed by atoms with Crippen molar-refractivity contribution in [2.45, 2.75) is 26.9 Å². The second kappa shape index (κ2) is 9.72. The average molecular weight is 529 g/mol. The predicted octanol–water partition coefficient (Wildman–Crippen LogP) is 3.37. The number of pyridine rings is 1. The minimum atomic E-state index is -0.477. The normalized spacial score (nSPS) is 11.0. The predicted molar refractivity (Wildman–Crippen MR) is 130 cm³/mol. The summed E-state index contributed by atoms with van der Waals surface area (Å²) in [5.74, 6) is 0.163. The Balaban J connectivity index is 1.60. The molecular weight excluding hydrogens is 508 g/mol. The number of ether oxygens (including phenoxy) is 1. The molecule has 3 aromatic heterocycles. The maximum Gasteiger partial charge on any atom is 0.336 e. The van der Waals surface area contributed by atoms with Gasteiger partial charge in [-0.05, 0) is 43.2 Å². The van der Waals surface area contributed by atoms with Gasteiger partial charge in [-0.1, -0.05) is 28.1 Å². The van der Waals surface area contributed by atoms with Crippen molar-refractivity contribution in [2.24, 2.45) is 0 Å². The molecule has 8 nitrogen and oxygen atoms in total. The van der Waals surface area contributed by atoms with Gasteiger partial charge in [0.1, 0.15) is 9.71 Å². The topological polar surface area (TPSA) is 94.7 Å². The van der Waals surface area contributed by atoms with E-state index in [1.165, 1.54) is 15.2 Å². The molecule has 0 saturated carbocycles. The number of fused-ring (bicyclic) bond motifs is 1. The summed E-state index contributed by atoms with van der Waals surface area (Å²) in [5, 5.41) is 2.84. The first-order valence-corrected chi connectivity index (χ1v) is 11.8. The Kier molecular flexibility index (Phi) is 6.75. The van der Waals surface area contributed by atoms with Crippen LogP contribution in [-0.2, 0) is 13.1 Å². The van der Waals surface area contributed by atoms with E-state index in [0.29, 0.717) is 27.8 Å². The highest BCUT2D eigenvalue weighted by atomic mass is 79.9. The third-order valence-corrected chi connectivity index (χ3v) is 6.75. The SMILES string of the molecule is CCOc1cc(CNC(=O)c2cn3c(=O)n(Cc4ccc(Br)cc4)c(=O)c(C)c3s2)ccn1. The van der Waals surface area contributed by atoms with Gasteiger partial charge >= 0.3 is 5.69 Å². The van der Waals surface area contributed by atoms with Crippen LogP contribution >= 0.6 is 27.3 Å². The van der Waals surface area contributed by atoms with Crippen LogP contribution in [0.4, 0.5) is 0 Å². The number of rotatable bonds is 7. The first-order valence-electron chi connectivity index (χ1n) is 10.2. The van der Waals surface area contributed by atoms with E-state index in [0.717, 1.165) is 26.9 Å². The lowest BCUT2D eigenvalue weighted by Crippen LogP contribution is -2.38. The molecule has 4 aromatic rings. The molecule has 3 heterocycles. The molecule has 1 N–H and O–H groups in total. The van der Waals surface area contributed by atoms with Gasteiger partial charge in [-0.2, -0.15) is 0 Å². The molecule has 4 rings (SSSR count). The molecule has 0 spiro atoms. The Hall–Kier alpha value is -3.24. The highest BCUT2D eigenvalue weighted by Crippen LogP contribution is 2.19. The molecule has 0 fully saturated rings. The van der Waals surface area contributed by atoms with Gasteiger partial charge in [0, 0.05) is 35.0 Å². The monoisotopic (exact) mass is 528 g/mol. The fourth-order valence-corrected chi connectivity index (χ4v) is 4.60. The first-order chi connectivity index (χ1) is 15.9. The summed E-state index contributed by atoms with van der Waals surface area (Å²) in [6.07, 6.45) is 3.11. The van der Waals surface area contributed by atoms with E-state index in [2.05, 4.69) is 26.2 Å². The summed E-state index contributed by atoms with van der Waals surface area (Å²) in [7, 11) is 0. The molecule has 0 atom stereocenters.